The van der Waals surface area contributed by atoms with E-state index in [2.05, 4.69) is 23.1 Å². The molecule has 3 atom stereocenters. The zero-order valence-electron chi connectivity index (χ0n) is 11.7. The van der Waals surface area contributed by atoms with E-state index < -0.39 is 0 Å². The first-order valence-corrected chi connectivity index (χ1v) is 7.52. The van der Waals surface area contributed by atoms with Crippen molar-refractivity contribution >= 4 is 5.97 Å². The van der Waals surface area contributed by atoms with E-state index in [9.17, 15) is 4.79 Å². The molecule has 0 aromatic heterocycles. The van der Waals surface area contributed by atoms with Crippen molar-refractivity contribution in [2.24, 2.45) is 5.92 Å². The maximum Gasteiger partial charge on any atom is 0.335 e. The standard InChI is InChI=1S/C16H23NO2/c1-19-16(18)14-9-6-7-12-11-13-8-4-2-3-5-10-17(13)15(12)14/h4,8-9,12-13,15H,2-3,5-7,10-11H2,1H3/b8-4-/t12-,13-,15+/m0/s1. The van der Waals surface area contributed by atoms with Gasteiger partial charge in [0, 0.05) is 12.1 Å². The summed E-state index contributed by atoms with van der Waals surface area (Å²) in [6.45, 7) is 1.12. The molecule has 0 unspecified atom stereocenters. The van der Waals surface area contributed by atoms with Crippen molar-refractivity contribution < 1.29 is 9.53 Å². The second-order valence-electron chi connectivity index (χ2n) is 5.90. The van der Waals surface area contributed by atoms with Crippen LogP contribution in [0.2, 0.25) is 0 Å². The molecule has 0 saturated carbocycles. The summed E-state index contributed by atoms with van der Waals surface area (Å²) >= 11 is 0. The third-order valence-corrected chi connectivity index (χ3v) is 4.81. The predicted molar refractivity (Wildman–Crippen MR) is 74.7 cm³/mol. The van der Waals surface area contributed by atoms with Crippen LogP contribution in [0.25, 0.3) is 0 Å². The van der Waals surface area contributed by atoms with Crippen LogP contribution in [0.15, 0.2) is 23.8 Å². The van der Waals surface area contributed by atoms with E-state index in [-0.39, 0.29) is 5.97 Å². The summed E-state index contributed by atoms with van der Waals surface area (Å²) in [6.07, 6.45) is 13.9. The Balaban J connectivity index is 1.88. The van der Waals surface area contributed by atoms with Gasteiger partial charge in [-0.2, -0.15) is 0 Å². The summed E-state index contributed by atoms with van der Waals surface area (Å²) in [5.74, 6) is 0.508. The van der Waals surface area contributed by atoms with Gasteiger partial charge in [0.2, 0.25) is 0 Å². The second-order valence-corrected chi connectivity index (χ2v) is 5.90. The molecular formula is C16H23NO2. The topological polar surface area (TPSA) is 29.5 Å². The molecule has 2 heterocycles. The van der Waals surface area contributed by atoms with Crippen molar-refractivity contribution in [3.8, 4) is 0 Å². The lowest BCUT2D eigenvalue weighted by Crippen LogP contribution is -2.42. The van der Waals surface area contributed by atoms with Crippen molar-refractivity contribution in [3.05, 3.63) is 23.8 Å². The Morgan fingerprint density at radius 2 is 2.26 bits per heavy atom. The molecule has 104 valence electrons. The fraction of sp³-hybridized carbons (Fsp3) is 0.688. The van der Waals surface area contributed by atoms with Crippen LogP contribution in [0.3, 0.4) is 0 Å². The number of ether oxygens (including phenoxy) is 1. The molecule has 19 heavy (non-hydrogen) atoms. The molecule has 0 bridgehead atoms. The number of fused-ring (bicyclic) bond motifs is 3. The molecule has 0 aromatic rings. The molecule has 3 heteroatoms. The Labute approximate surface area is 115 Å². The summed E-state index contributed by atoms with van der Waals surface area (Å²) in [6, 6.07) is 0.829. The number of nitrogens with zero attached hydrogens (tertiary/aromatic N) is 1. The van der Waals surface area contributed by atoms with E-state index in [0.717, 1.165) is 18.5 Å². The van der Waals surface area contributed by atoms with Gasteiger partial charge in [-0.1, -0.05) is 18.2 Å². The van der Waals surface area contributed by atoms with Crippen molar-refractivity contribution in [3.63, 3.8) is 0 Å². The summed E-state index contributed by atoms with van der Waals surface area (Å²) in [5, 5.41) is 0. The Kier molecular flexibility index (Phi) is 3.74. The molecule has 1 fully saturated rings. The summed E-state index contributed by atoms with van der Waals surface area (Å²) < 4.78 is 4.98. The normalized spacial score (nSPS) is 36.5. The van der Waals surface area contributed by atoms with E-state index in [4.69, 9.17) is 4.74 Å². The zero-order chi connectivity index (χ0) is 13.2. The van der Waals surface area contributed by atoms with Gasteiger partial charge in [-0.05, 0) is 51.0 Å². The number of carbonyl (C=O) groups excluding carboxylic acids is 1. The van der Waals surface area contributed by atoms with Crippen molar-refractivity contribution in [2.45, 2.75) is 50.6 Å². The fourth-order valence-electron chi connectivity index (χ4n) is 3.96. The molecule has 0 N–H and O–H groups in total. The maximum absolute atomic E-state index is 12.0. The van der Waals surface area contributed by atoms with Gasteiger partial charge >= 0.3 is 5.97 Å². The second kappa shape index (κ2) is 5.49. The van der Waals surface area contributed by atoms with Crippen LogP contribution in [0, 0.1) is 5.92 Å². The number of methoxy groups -OCH3 is 1. The van der Waals surface area contributed by atoms with Gasteiger partial charge in [-0.3, -0.25) is 4.90 Å². The third kappa shape index (κ3) is 2.36. The van der Waals surface area contributed by atoms with Crippen LogP contribution in [-0.2, 0) is 9.53 Å². The average molecular weight is 261 g/mol. The first-order chi connectivity index (χ1) is 9.31. The highest BCUT2D eigenvalue weighted by Gasteiger charge is 2.44. The minimum absolute atomic E-state index is 0.124. The highest BCUT2D eigenvalue weighted by molar-refractivity contribution is 5.90. The first-order valence-electron chi connectivity index (χ1n) is 7.52. The van der Waals surface area contributed by atoms with Crippen LogP contribution >= 0.6 is 0 Å². The van der Waals surface area contributed by atoms with E-state index in [1.165, 1.54) is 39.2 Å². The molecule has 3 rings (SSSR count). The van der Waals surface area contributed by atoms with Crippen LogP contribution in [-0.4, -0.2) is 36.6 Å². The van der Waals surface area contributed by atoms with Gasteiger partial charge in [-0.25, -0.2) is 4.79 Å². The van der Waals surface area contributed by atoms with Gasteiger partial charge in [0.25, 0.3) is 0 Å². The molecule has 0 amide bonds. The summed E-state index contributed by atoms with van der Waals surface area (Å²) in [7, 11) is 1.49. The third-order valence-electron chi connectivity index (χ3n) is 4.81. The Morgan fingerprint density at radius 3 is 3.11 bits per heavy atom. The maximum atomic E-state index is 12.0. The molecule has 1 saturated heterocycles. The molecule has 0 radical (unpaired) electrons. The number of hydrogen-bond acceptors (Lipinski definition) is 3. The predicted octanol–water partition coefficient (Wildman–Crippen LogP) is 2.68. The minimum atomic E-state index is -0.124. The number of hydrogen-bond donors (Lipinski definition) is 0. The molecule has 3 aliphatic rings. The van der Waals surface area contributed by atoms with Crippen LogP contribution in [0.4, 0.5) is 0 Å². The SMILES string of the molecule is COC(=O)C1=CCC[C@H]2C[C@@H]3/C=C\CCCCN3[C@@H]12. The van der Waals surface area contributed by atoms with Gasteiger partial charge in [0.05, 0.1) is 12.7 Å². The van der Waals surface area contributed by atoms with Crippen molar-refractivity contribution in [1.82, 2.24) is 4.90 Å². The van der Waals surface area contributed by atoms with Crippen LogP contribution < -0.4 is 0 Å². The minimum Gasteiger partial charge on any atom is -0.466 e. The van der Waals surface area contributed by atoms with Crippen LogP contribution in [0.1, 0.15) is 38.5 Å². The van der Waals surface area contributed by atoms with E-state index in [1.54, 1.807) is 0 Å². The largest absolute Gasteiger partial charge is 0.466 e. The van der Waals surface area contributed by atoms with Crippen molar-refractivity contribution in [1.29, 1.82) is 0 Å². The first kappa shape index (κ1) is 12.9. The highest BCUT2D eigenvalue weighted by atomic mass is 16.5. The monoisotopic (exact) mass is 261 g/mol. The lowest BCUT2D eigenvalue weighted by atomic mass is 9.84. The molecule has 0 aromatic carbocycles. The Bertz CT molecular complexity index is 413. The molecular weight excluding hydrogens is 238 g/mol. The van der Waals surface area contributed by atoms with Gasteiger partial charge in [0.15, 0.2) is 0 Å². The van der Waals surface area contributed by atoms with E-state index >= 15 is 0 Å². The number of allylic oxidation sites excluding steroid dienone is 2. The van der Waals surface area contributed by atoms with Crippen LogP contribution in [0.5, 0.6) is 0 Å². The van der Waals surface area contributed by atoms with E-state index in [0.29, 0.717) is 18.0 Å². The lowest BCUT2D eigenvalue weighted by Gasteiger charge is -2.34. The quantitative estimate of drug-likeness (QED) is 0.537. The molecule has 0 spiro atoms. The van der Waals surface area contributed by atoms with Crippen molar-refractivity contribution in [2.75, 3.05) is 13.7 Å². The number of carbonyl (C=O) groups is 1. The summed E-state index contributed by atoms with van der Waals surface area (Å²) in [4.78, 5) is 14.5. The Morgan fingerprint density at radius 1 is 1.37 bits per heavy atom. The molecule has 3 nitrogen and oxygen atoms in total. The van der Waals surface area contributed by atoms with E-state index in [1.807, 2.05) is 0 Å². The fourth-order valence-corrected chi connectivity index (χ4v) is 3.96. The Hall–Kier alpha value is -1.09. The molecule has 1 aliphatic carbocycles. The van der Waals surface area contributed by atoms with Gasteiger partial charge in [-0.15, -0.1) is 0 Å². The number of esters is 1. The smallest absolute Gasteiger partial charge is 0.335 e. The van der Waals surface area contributed by atoms with Gasteiger partial charge < -0.3 is 4.74 Å². The zero-order valence-corrected chi connectivity index (χ0v) is 11.7. The lowest BCUT2D eigenvalue weighted by molar-refractivity contribution is -0.137. The summed E-state index contributed by atoms with van der Waals surface area (Å²) in [5.41, 5.74) is 0.912. The number of rotatable bonds is 1. The van der Waals surface area contributed by atoms with Gasteiger partial charge in [0.1, 0.15) is 0 Å². The highest BCUT2D eigenvalue weighted by Crippen LogP contribution is 2.41. The molecule has 2 aliphatic heterocycles. The average Bonchev–Trinajstić information content (AvgIpc) is 2.74.